The van der Waals surface area contributed by atoms with Crippen molar-refractivity contribution in [1.82, 2.24) is 15.1 Å². The first-order valence-electron chi connectivity index (χ1n) is 9.01. The number of guanidine groups is 1. The van der Waals surface area contributed by atoms with Gasteiger partial charge in [0.05, 0.1) is 6.54 Å². The Kier molecular flexibility index (Phi) is 5.04. The van der Waals surface area contributed by atoms with E-state index in [0.717, 1.165) is 24.9 Å². The number of rotatable bonds is 3. The fourth-order valence-corrected chi connectivity index (χ4v) is 4.41. The van der Waals surface area contributed by atoms with E-state index in [-0.39, 0.29) is 0 Å². The highest BCUT2D eigenvalue weighted by Crippen LogP contribution is 2.35. The summed E-state index contributed by atoms with van der Waals surface area (Å²) >= 11 is 0. The quantitative estimate of drug-likeness (QED) is 0.639. The maximum atomic E-state index is 4.98. The molecule has 0 aromatic carbocycles. The summed E-state index contributed by atoms with van der Waals surface area (Å²) in [5, 5.41) is 3.53. The van der Waals surface area contributed by atoms with Crippen LogP contribution in [0.4, 0.5) is 0 Å². The molecule has 3 aliphatic rings. The van der Waals surface area contributed by atoms with Crippen LogP contribution < -0.4 is 5.32 Å². The molecule has 0 radical (unpaired) electrons. The molecule has 2 aliphatic heterocycles. The van der Waals surface area contributed by atoms with Crippen molar-refractivity contribution in [3.8, 4) is 0 Å². The van der Waals surface area contributed by atoms with Gasteiger partial charge in [-0.3, -0.25) is 4.99 Å². The van der Waals surface area contributed by atoms with Crippen molar-refractivity contribution in [2.24, 2.45) is 16.8 Å². The van der Waals surface area contributed by atoms with Crippen LogP contribution in [-0.2, 0) is 0 Å². The van der Waals surface area contributed by atoms with Gasteiger partial charge in [0.2, 0.25) is 0 Å². The maximum absolute atomic E-state index is 4.98. The van der Waals surface area contributed by atoms with Crippen LogP contribution in [0.5, 0.6) is 0 Å². The summed E-state index contributed by atoms with van der Waals surface area (Å²) in [5.41, 5.74) is 0. The number of likely N-dealkylation sites (tertiary alicyclic amines) is 2. The monoisotopic (exact) mass is 292 g/mol. The van der Waals surface area contributed by atoms with Crippen LogP contribution in [0.1, 0.15) is 45.4 Å². The van der Waals surface area contributed by atoms with Crippen molar-refractivity contribution in [3.63, 3.8) is 0 Å². The van der Waals surface area contributed by atoms with Crippen LogP contribution in [0.2, 0.25) is 0 Å². The third kappa shape index (κ3) is 3.53. The molecule has 0 aromatic heterocycles. The summed E-state index contributed by atoms with van der Waals surface area (Å²) in [5.74, 6) is 3.03. The lowest BCUT2D eigenvalue weighted by Gasteiger charge is -2.23. The third-order valence-electron chi connectivity index (χ3n) is 5.73. The minimum Gasteiger partial charge on any atom is -0.357 e. The summed E-state index contributed by atoms with van der Waals surface area (Å²) < 4.78 is 0. The molecule has 21 heavy (non-hydrogen) atoms. The minimum absolute atomic E-state index is 0.656. The predicted octanol–water partition coefficient (Wildman–Crippen LogP) is 2.17. The highest BCUT2D eigenvalue weighted by molar-refractivity contribution is 5.80. The zero-order chi connectivity index (χ0) is 14.7. The molecule has 3 fully saturated rings. The average Bonchev–Trinajstić information content (AvgIpc) is 3.09. The van der Waals surface area contributed by atoms with E-state index in [9.17, 15) is 0 Å². The van der Waals surface area contributed by atoms with Crippen LogP contribution in [0, 0.1) is 11.8 Å². The third-order valence-corrected chi connectivity index (χ3v) is 5.73. The van der Waals surface area contributed by atoms with Gasteiger partial charge in [0, 0.05) is 25.7 Å². The average molecular weight is 292 g/mol. The predicted molar refractivity (Wildman–Crippen MR) is 88.7 cm³/mol. The standard InChI is InChI=1S/C17H32N4/c1-3-18-17(19-11-16-9-6-10-20(16)2)21-12-14-7-4-5-8-15(14)13-21/h14-16H,3-13H2,1-2H3,(H,18,19). The number of likely N-dealkylation sites (N-methyl/N-ethyl adjacent to an activating group) is 1. The van der Waals surface area contributed by atoms with E-state index in [1.165, 1.54) is 64.1 Å². The molecule has 3 rings (SSSR count). The summed E-state index contributed by atoms with van der Waals surface area (Å²) in [6.07, 6.45) is 8.40. The molecule has 120 valence electrons. The Morgan fingerprint density at radius 3 is 2.38 bits per heavy atom. The lowest BCUT2D eigenvalue weighted by atomic mass is 9.82. The Bertz CT molecular complexity index is 354. The molecule has 2 saturated heterocycles. The number of hydrogen-bond acceptors (Lipinski definition) is 2. The molecular weight excluding hydrogens is 260 g/mol. The topological polar surface area (TPSA) is 30.9 Å². The van der Waals surface area contributed by atoms with E-state index >= 15 is 0 Å². The van der Waals surface area contributed by atoms with E-state index < -0.39 is 0 Å². The zero-order valence-corrected chi connectivity index (χ0v) is 13.9. The molecule has 1 N–H and O–H groups in total. The number of hydrogen-bond donors (Lipinski definition) is 1. The fourth-order valence-electron chi connectivity index (χ4n) is 4.41. The van der Waals surface area contributed by atoms with E-state index in [1.54, 1.807) is 0 Å². The summed E-state index contributed by atoms with van der Waals surface area (Å²) in [6.45, 7) is 7.83. The zero-order valence-electron chi connectivity index (χ0n) is 13.9. The largest absolute Gasteiger partial charge is 0.357 e. The second-order valence-electron chi connectivity index (χ2n) is 7.18. The molecule has 4 nitrogen and oxygen atoms in total. The van der Waals surface area contributed by atoms with Gasteiger partial charge >= 0.3 is 0 Å². The fraction of sp³-hybridized carbons (Fsp3) is 0.941. The van der Waals surface area contributed by atoms with Crippen molar-refractivity contribution < 1.29 is 0 Å². The SMILES string of the molecule is CCNC(=NCC1CCCN1C)N1CC2CCCCC2C1. The molecule has 0 aromatic rings. The van der Waals surface area contributed by atoms with Gasteiger partial charge in [0.1, 0.15) is 0 Å². The van der Waals surface area contributed by atoms with Crippen molar-refractivity contribution in [3.05, 3.63) is 0 Å². The second-order valence-corrected chi connectivity index (χ2v) is 7.18. The second kappa shape index (κ2) is 6.99. The lowest BCUT2D eigenvalue weighted by Crippen LogP contribution is -2.41. The van der Waals surface area contributed by atoms with Crippen LogP contribution >= 0.6 is 0 Å². The van der Waals surface area contributed by atoms with E-state index in [2.05, 4.69) is 29.1 Å². The maximum Gasteiger partial charge on any atom is 0.193 e. The summed E-state index contributed by atoms with van der Waals surface area (Å²) in [7, 11) is 2.24. The van der Waals surface area contributed by atoms with Gasteiger partial charge in [-0.05, 0) is 58.0 Å². The van der Waals surface area contributed by atoms with Crippen LogP contribution in [0.15, 0.2) is 4.99 Å². The molecule has 4 heteroatoms. The summed E-state index contributed by atoms with van der Waals surface area (Å²) in [6, 6.07) is 0.656. The molecule has 0 bridgehead atoms. The number of fused-ring (bicyclic) bond motifs is 1. The Morgan fingerprint density at radius 2 is 1.81 bits per heavy atom. The van der Waals surface area contributed by atoms with Crippen molar-refractivity contribution in [1.29, 1.82) is 0 Å². The molecule has 1 aliphatic carbocycles. The Morgan fingerprint density at radius 1 is 1.10 bits per heavy atom. The minimum atomic E-state index is 0.656. The highest BCUT2D eigenvalue weighted by Gasteiger charge is 2.35. The number of nitrogens with one attached hydrogen (secondary N) is 1. The first kappa shape index (κ1) is 15.1. The molecule has 1 saturated carbocycles. The van der Waals surface area contributed by atoms with Crippen molar-refractivity contribution in [2.45, 2.75) is 51.5 Å². The Hall–Kier alpha value is -0.770. The molecule has 2 heterocycles. The molecule has 0 spiro atoms. The number of aliphatic imine (C=N–C) groups is 1. The summed E-state index contributed by atoms with van der Waals surface area (Å²) in [4.78, 5) is 9.99. The van der Waals surface area contributed by atoms with Crippen molar-refractivity contribution in [2.75, 3.05) is 39.8 Å². The molecule has 3 atom stereocenters. The van der Waals surface area contributed by atoms with E-state index in [1.807, 2.05) is 0 Å². The first-order chi connectivity index (χ1) is 10.3. The van der Waals surface area contributed by atoms with Gasteiger partial charge in [-0.2, -0.15) is 0 Å². The van der Waals surface area contributed by atoms with Gasteiger partial charge in [-0.1, -0.05) is 12.8 Å². The Labute approximate surface area is 130 Å². The van der Waals surface area contributed by atoms with E-state index in [4.69, 9.17) is 4.99 Å². The molecule has 0 amide bonds. The molecular formula is C17H32N4. The number of nitrogens with zero attached hydrogens (tertiary/aromatic N) is 3. The van der Waals surface area contributed by atoms with Gasteiger partial charge in [-0.25, -0.2) is 0 Å². The molecule has 3 unspecified atom stereocenters. The lowest BCUT2D eigenvalue weighted by molar-refractivity contribution is 0.299. The van der Waals surface area contributed by atoms with Crippen LogP contribution in [-0.4, -0.2) is 61.6 Å². The normalized spacial score (nSPS) is 34.3. The van der Waals surface area contributed by atoms with Gasteiger partial charge < -0.3 is 15.1 Å². The highest BCUT2D eigenvalue weighted by atomic mass is 15.3. The van der Waals surface area contributed by atoms with Gasteiger partial charge in [0.15, 0.2) is 5.96 Å². The van der Waals surface area contributed by atoms with Gasteiger partial charge in [0.25, 0.3) is 0 Å². The van der Waals surface area contributed by atoms with Crippen molar-refractivity contribution >= 4 is 5.96 Å². The van der Waals surface area contributed by atoms with E-state index in [0.29, 0.717) is 6.04 Å². The van der Waals surface area contributed by atoms with Crippen LogP contribution in [0.3, 0.4) is 0 Å². The smallest absolute Gasteiger partial charge is 0.193 e. The van der Waals surface area contributed by atoms with Crippen LogP contribution in [0.25, 0.3) is 0 Å². The Balaban J connectivity index is 1.61. The van der Waals surface area contributed by atoms with Gasteiger partial charge in [-0.15, -0.1) is 0 Å². The first-order valence-corrected chi connectivity index (χ1v) is 9.01.